The van der Waals surface area contributed by atoms with Gasteiger partial charge in [-0.15, -0.1) is 0 Å². The third kappa shape index (κ3) is 4.32. The maximum Gasteiger partial charge on any atom is 0.402 e. The van der Waals surface area contributed by atoms with E-state index in [1.165, 1.54) is 12.1 Å². The predicted molar refractivity (Wildman–Crippen MR) is 72.6 cm³/mol. The summed E-state index contributed by atoms with van der Waals surface area (Å²) >= 11 is 14.7. The Morgan fingerprint density at radius 1 is 1.40 bits per heavy atom. The predicted octanol–water partition coefficient (Wildman–Crippen LogP) is 4.06. The minimum Gasteiger partial charge on any atom is -0.491 e. The molecular formula is C10H8BrCl2F3N2O2. The summed E-state index contributed by atoms with van der Waals surface area (Å²) in [5, 5.41) is 11.0. The van der Waals surface area contributed by atoms with Crippen LogP contribution in [-0.2, 0) is 0 Å². The molecule has 0 saturated carbocycles. The van der Waals surface area contributed by atoms with Gasteiger partial charge >= 0.3 is 6.18 Å². The van der Waals surface area contributed by atoms with Crippen LogP contribution in [0.15, 0.2) is 21.8 Å². The molecule has 112 valence electrons. The minimum absolute atomic E-state index is 0.0418. The number of nitrogens with zero attached hydrogens (tertiary/aromatic N) is 1. The van der Waals surface area contributed by atoms with Crippen LogP contribution in [0.4, 0.5) is 13.2 Å². The number of hydrogen-bond donors (Lipinski definition) is 2. The lowest BCUT2D eigenvalue weighted by molar-refractivity contribution is -0.162. The molecule has 1 aromatic carbocycles. The highest BCUT2D eigenvalue weighted by Gasteiger charge is 2.43. The molecule has 0 aliphatic heterocycles. The molecule has 1 aromatic rings. The molecule has 0 aliphatic rings. The van der Waals surface area contributed by atoms with Gasteiger partial charge in [0.1, 0.15) is 18.3 Å². The third-order valence-corrected chi connectivity index (χ3v) is 3.74. The molecule has 20 heavy (non-hydrogen) atoms. The van der Waals surface area contributed by atoms with Crippen molar-refractivity contribution in [3.63, 3.8) is 0 Å². The van der Waals surface area contributed by atoms with Gasteiger partial charge in [-0.25, -0.2) is 0 Å². The summed E-state index contributed by atoms with van der Waals surface area (Å²) < 4.78 is 43.5. The zero-order valence-corrected chi connectivity index (χ0v) is 12.7. The Morgan fingerprint density at radius 2 is 2.00 bits per heavy atom. The Kier molecular flexibility index (Phi) is 5.79. The molecule has 3 N–H and O–H groups in total. The molecule has 0 heterocycles. The highest BCUT2D eigenvalue weighted by atomic mass is 79.9. The molecular weight excluding hydrogens is 388 g/mol. The van der Waals surface area contributed by atoms with Crippen LogP contribution in [0.5, 0.6) is 5.75 Å². The van der Waals surface area contributed by atoms with Crippen LogP contribution >= 0.6 is 39.1 Å². The normalized spacial score (nSPS) is 14.2. The van der Waals surface area contributed by atoms with Crippen molar-refractivity contribution in [2.24, 2.45) is 16.8 Å². The molecule has 4 nitrogen and oxygen atoms in total. The van der Waals surface area contributed by atoms with E-state index in [0.29, 0.717) is 4.47 Å². The molecule has 0 amide bonds. The fourth-order valence-corrected chi connectivity index (χ4v) is 2.05. The van der Waals surface area contributed by atoms with E-state index in [9.17, 15) is 13.2 Å². The number of halogens is 6. The fraction of sp³-hybridized carbons (Fsp3) is 0.300. The zero-order valence-electron chi connectivity index (χ0n) is 9.59. The largest absolute Gasteiger partial charge is 0.491 e. The summed E-state index contributed by atoms with van der Waals surface area (Å²) in [6.45, 7) is -0.892. The standard InChI is InChI=1S/C10H8BrCl2F3N2O2/c11-5-1-7(13)8(2-6(5)12)20-3-4(9(17)18-19)10(14,15)16/h1-2,4,19H,3H2,(H2,17,18). The maximum absolute atomic E-state index is 12.7. The summed E-state index contributed by atoms with van der Waals surface area (Å²) in [7, 11) is 0. The molecule has 1 rings (SSSR count). The molecule has 0 aliphatic carbocycles. The summed E-state index contributed by atoms with van der Waals surface area (Å²) in [4.78, 5) is 0. The highest BCUT2D eigenvalue weighted by Crippen LogP contribution is 2.35. The summed E-state index contributed by atoms with van der Waals surface area (Å²) in [6, 6.07) is 2.64. The third-order valence-electron chi connectivity index (χ3n) is 2.25. The van der Waals surface area contributed by atoms with Gasteiger partial charge in [-0.1, -0.05) is 28.4 Å². The molecule has 1 atom stereocenters. The molecule has 0 spiro atoms. The van der Waals surface area contributed by atoms with E-state index in [1.807, 2.05) is 0 Å². The van der Waals surface area contributed by atoms with Crippen LogP contribution in [0.25, 0.3) is 0 Å². The number of oxime groups is 1. The molecule has 0 radical (unpaired) electrons. The van der Waals surface area contributed by atoms with Gasteiger partial charge < -0.3 is 15.7 Å². The van der Waals surface area contributed by atoms with Crippen molar-refractivity contribution in [3.05, 3.63) is 26.7 Å². The summed E-state index contributed by atoms with van der Waals surface area (Å²) in [5.74, 6) is -3.30. The average molecular weight is 396 g/mol. The van der Waals surface area contributed by atoms with Crippen LogP contribution in [0.3, 0.4) is 0 Å². The van der Waals surface area contributed by atoms with Crippen LogP contribution in [-0.4, -0.2) is 23.8 Å². The Bertz CT molecular complexity index is 526. The highest BCUT2D eigenvalue weighted by molar-refractivity contribution is 9.10. The number of ether oxygens (including phenoxy) is 1. The molecule has 1 unspecified atom stereocenters. The number of hydrogen-bond acceptors (Lipinski definition) is 3. The number of amidine groups is 1. The van der Waals surface area contributed by atoms with Gasteiger partial charge in [-0.3, -0.25) is 0 Å². The smallest absolute Gasteiger partial charge is 0.402 e. The van der Waals surface area contributed by atoms with E-state index in [4.69, 9.17) is 38.9 Å². The maximum atomic E-state index is 12.7. The minimum atomic E-state index is -4.72. The van der Waals surface area contributed by atoms with Gasteiger partial charge in [-0.2, -0.15) is 13.2 Å². The van der Waals surface area contributed by atoms with Crippen LogP contribution < -0.4 is 10.5 Å². The first-order valence-electron chi connectivity index (χ1n) is 4.98. The van der Waals surface area contributed by atoms with Crippen molar-refractivity contribution in [3.8, 4) is 5.75 Å². The van der Waals surface area contributed by atoms with Crippen molar-refractivity contribution in [1.29, 1.82) is 0 Å². The second-order valence-electron chi connectivity index (χ2n) is 3.63. The zero-order chi connectivity index (χ0) is 15.5. The van der Waals surface area contributed by atoms with Crippen molar-refractivity contribution >= 4 is 45.0 Å². The second kappa shape index (κ2) is 6.73. The topological polar surface area (TPSA) is 67.8 Å². The Labute approximate surface area is 130 Å². The van der Waals surface area contributed by atoms with Gasteiger partial charge in [0.05, 0.1) is 10.0 Å². The first-order valence-corrected chi connectivity index (χ1v) is 6.53. The van der Waals surface area contributed by atoms with Gasteiger partial charge in [0, 0.05) is 10.5 Å². The van der Waals surface area contributed by atoms with Gasteiger partial charge in [0.15, 0.2) is 5.84 Å². The van der Waals surface area contributed by atoms with Crippen molar-refractivity contribution < 1.29 is 23.1 Å². The monoisotopic (exact) mass is 394 g/mol. The lowest BCUT2D eigenvalue weighted by Gasteiger charge is -2.19. The first-order chi connectivity index (χ1) is 9.16. The summed E-state index contributed by atoms with van der Waals surface area (Å²) in [6.07, 6.45) is -4.72. The van der Waals surface area contributed by atoms with E-state index in [2.05, 4.69) is 21.1 Å². The first kappa shape index (κ1) is 17.2. The Morgan fingerprint density at radius 3 is 2.50 bits per heavy atom. The quantitative estimate of drug-likeness (QED) is 0.265. The lowest BCUT2D eigenvalue weighted by Crippen LogP contribution is -2.40. The Hall–Kier alpha value is -0.860. The molecule has 0 aromatic heterocycles. The molecule has 0 fully saturated rings. The fourth-order valence-electron chi connectivity index (χ4n) is 1.21. The van der Waals surface area contributed by atoms with Gasteiger partial charge in [0.25, 0.3) is 0 Å². The number of alkyl halides is 3. The van der Waals surface area contributed by atoms with E-state index in [1.54, 1.807) is 0 Å². The van der Waals surface area contributed by atoms with Crippen LogP contribution in [0.2, 0.25) is 10.0 Å². The van der Waals surface area contributed by atoms with Crippen molar-refractivity contribution in [2.45, 2.75) is 6.18 Å². The van der Waals surface area contributed by atoms with E-state index < -0.39 is 24.5 Å². The van der Waals surface area contributed by atoms with Crippen LogP contribution in [0, 0.1) is 5.92 Å². The Balaban J connectivity index is 2.91. The van der Waals surface area contributed by atoms with E-state index in [-0.39, 0.29) is 15.8 Å². The number of nitrogens with two attached hydrogens (primary N) is 1. The van der Waals surface area contributed by atoms with Gasteiger partial charge in [0.2, 0.25) is 0 Å². The average Bonchev–Trinajstić information content (AvgIpc) is 2.33. The second-order valence-corrected chi connectivity index (χ2v) is 5.30. The van der Waals surface area contributed by atoms with E-state index >= 15 is 0 Å². The van der Waals surface area contributed by atoms with Crippen molar-refractivity contribution in [1.82, 2.24) is 0 Å². The van der Waals surface area contributed by atoms with Crippen LogP contribution in [0.1, 0.15) is 0 Å². The SMILES string of the molecule is N/C(=N/O)C(COc1cc(Cl)c(Br)cc1Cl)C(F)(F)F. The molecule has 0 saturated heterocycles. The lowest BCUT2D eigenvalue weighted by atomic mass is 10.1. The number of benzene rings is 1. The van der Waals surface area contributed by atoms with Crippen molar-refractivity contribution in [2.75, 3.05) is 6.61 Å². The van der Waals surface area contributed by atoms with Gasteiger partial charge in [-0.05, 0) is 22.0 Å². The molecule has 0 bridgehead atoms. The summed E-state index contributed by atoms with van der Waals surface area (Å²) in [5.41, 5.74) is 4.99. The molecule has 10 heteroatoms. The van der Waals surface area contributed by atoms with E-state index in [0.717, 1.165) is 0 Å². The number of rotatable bonds is 4.